The van der Waals surface area contributed by atoms with Gasteiger partial charge in [-0.15, -0.1) is 0 Å². The van der Waals surface area contributed by atoms with E-state index in [1.165, 1.54) is 73.1 Å². The number of sulfonamides is 2. The molecule has 14 heteroatoms. The minimum Gasteiger partial charge on any atom is -0.481 e. The van der Waals surface area contributed by atoms with Crippen LogP contribution in [0.25, 0.3) is 0 Å². The summed E-state index contributed by atoms with van der Waals surface area (Å²) in [6.07, 6.45) is 3.70. The Morgan fingerprint density at radius 3 is 2.03 bits per heavy atom. The van der Waals surface area contributed by atoms with Gasteiger partial charge in [-0.1, -0.05) is 12.8 Å². The average molecular weight is 576 g/mol. The van der Waals surface area contributed by atoms with Crippen LogP contribution in [0, 0.1) is 0 Å². The number of ether oxygens (including phenoxy) is 2. The van der Waals surface area contributed by atoms with Crippen LogP contribution >= 0.6 is 0 Å². The number of amides is 1. The summed E-state index contributed by atoms with van der Waals surface area (Å²) in [7, 11) is -4.92. The molecule has 0 aliphatic carbocycles. The third-order valence-corrected chi connectivity index (χ3v) is 9.34. The van der Waals surface area contributed by atoms with Gasteiger partial charge in [0.05, 0.1) is 24.0 Å². The molecule has 0 radical (unpaired) electrons. The van der Waals surface area contributed by atoms with Crippen molar-refractivity contribution in [2.45, 2.75) is 35.5 Å². The molecule has 1 aliphatic heterocycles. The molecule has 2 N–H and O–H groups in total. The fraction of sp³-hybridized carbons (Fsp3) is 0.320. The van der Waals surface area contributed by atoms with E-state index in [-0.39, 0.29) is 33.1 Å². The van der Waals surface area contributed by atoms with Crippen molar-refractivity contribution >= 4 is 37.5 Å². The predicted octanol–water partition coefficient (Wildman–Crippen LogP) is 3.11. The summed E-state index contributed by atoms with van der Waals surface area (Å²) in [6, 6.07) is 12.5. The second-order valence-corrected chi connectivity index (χ2v) is 12.3. The van der Waals surface area contributed by atoms with E-state index in [1.807, 2.05) is 0 Å². The molecule has 2 aromatic carbocycles. The lowest BCUT2D eigenvalue weighted by molar-refractivity contribution is 0.102. The van der Waals surface area contributed by atoms with E-state index in [4.69, 9.17) is 9.47 Å². The summed E-state index contributed by atoms with van der Waals surface area (Å²) in [6.45, 7) is 0.987. The molecule has 0 unspecified atom stereocenters. The highest BCUT2D eigenvalue weighted by atomic mass is 32.2. The number of methoxy groups -OCH3 is 2. The minimum atomic E-state index is -4.02. The second kappa shape index (κ2) is 12.0. The van der Waals surface area contributed by atoms with Crippen LogP contribution in [0.4, 0.5) is 11.5 Å². The van der Waals surface area contributed by atoms with Crippen LogP contribution < -0.4 is 19.5 Å². The van der Waals surface area contributed by atoms with E-state index >= 15 is 0 Å². The molecule has 0 bridgehead atoms. The summed E-state index contributed by atoms with van der Waals surface area (Å²) >= 11 is 0. The molecule has 1 amide bonds. The third kappa shape index (κ3) is 6.82. The summed E-state index contributed by atoms with van der Waals surface area (Å²) in [5, 5.41) is 2.68. The summed E-state index contributed by atoms with van der Waals surface area (Å²) in [5.74, 6) is -0.398. The van der Waals surface area contributed by atoms with Gasteiger partial charge in [0.25, 0.3) is 15.9 Å². The number of rotatable bonds is 9. The van der Waals surface area contributed by atoms with Crippen molar-refractivity contribution in [2.24, 2.45) is 0 Å². The van der Waals surface area contributed by atoms with Gasteiger partial charge in [0.1, 0.15) is 0 Å². The normalized spacial score (nSPS) is 14.7. The van der Waals surface area contributed by atoms with Gasteiger partial charge in [-0.2, -0.15) is 14.3 Å². The van der Waals surface area contributed by atoms with Gasteiger partial charge in [-0.05, 0) is 61.4 Å². The number of carbonyl (C=O) groups is 1. The highest BCUT2D eigenvalue weighted by Gasteiger charge is 2.25. The number of benzene rings is 2. The van der Waals surface area contributed by atoms with E-state index in [2.05, 4.69) is 20.0 Å². The predicted molar refractivity (Wildman–Crippen MR) is 144 cm³/mol. The molecule has 0 spiro atoms. The molecule has 2 heterocycles. The number of nitrogens with zero attached hydrogens (tertiary/aromatic N) is 3. The fourth-order valence-electron chi connectivity index (χ4n) is 3.98. The molecule has 0 atom stereocenters. The van der Waals surface area contributed by atoms with Crippen molar-refractivity contribution < 1.29 is 31.1 Å². The zero-order valence-electron chi connectivity index (χ0n) is 21.5. The molecule has 4 rings (SSSR count). The number of anilines is 2. The smallest absolute Gasteiger partial charge is 0.321 e. The lowest BCUT2D eigenvalue weighted by Crippen LogP contribution is -2.31. The van der Waals surface area contributed by atoms with Crippen molar-refractivity contribution in [1.82, 2.24) is 14.3 Å². The van der Waals surface area contributed by atoms with Crippen molar-refractivity contribution in [3.8, 4) is 11.9 Å². The van der Waals surface area contributed by atoms with Gasteiger partial charge in [-0.25, -0.2) is 16.8 Å². The average Bonchev–Trinajstić information content (AvgIpc) is 3.23. The molecule has 1 aromatic heterocycles. The Balaban J connectivity index is 1.42. The van der Waals surface area contributed by atoms with E-state index in [1.54, 1.807) is 0 Å². The molecule has 1 fully saturated rings. The van der Waals surface area contributed by atoms with Gasteiger partial charge in [-0.3, -0.25) is 9.52 Å². The number of hydrogen-bond acceptors (Lipinski definition) is 9. The monoisotopic (exact) mass is 575 g/mol. The number of carbonyl (C=O) groups excluding carboxylic acids is 1. The maximum absolute atomic E-state index is 13.0. The Kier molecular flexibility index (Phi) is 8.67. The number of nitrogens with one attached hydrogen (secondary N) is 2. The zero-order valence-corrected chi connectivity index (χ0v) is 23.1. The number of aromatic nitrogens is 2. The van der Waals surface area contributed by atoms with E-state index in [0.717, 1.165) is 25.7 Å². The molecular formula is C25H29N5O7S2. The first-order chi connectivity index (χ1) is 18.6. The van der Waals surface area contributed by atoms with Gasteiger partial charge in [0.15, 0.2) is 5.82 Å². The van der Waals surface area contributed by atoms with Crippen LogP contribution in [0.3, 0.4) is 0 Å². The van der Waals surface area contributed by atoms with Crippen LogP contribution in [0.15, 0.2) is 64.4 Å². The quantitative estimate of drug-likeness (QED) is 0.391. The molecule has 1 saturated heterocycles. The molecule has 12 nitrogen and oxygen atoms in total. The highest BCUT2D eigenvalue weighted by molar-refractivity contribution is 7.92. The Morgan fingerprint density at radius 2 is 1.44 bits per heavy atom. The SMILES string of the molecule is COc1cc(NS(=O)(=O)c2ccc(NC(=O)c3ccc(S(=O)(=O)N4CCCCCC4)cc3)cc2)nc(OC)n1. The van der Waals surface area contributed by atoms with Crippen molar-refractivity contribution in [3.63, 3.8) is 0 Å². The summed E-state index contributed by atoms with van der Waals surface area (Å²) in [5.41, 5.74) is 0.612. The molecular weight excluding hydrogens is 546 g/mol. The Bertz CT molecular complexity index is 1500. The maximum atomic E-state index is 13.0. The molecule has 0 saturated carbocycles. The molecule has 39 heavy (non-hydrogen) atoms. The molecule has 1 aliphatic rings. The zero-order chi connectivity index (χ0) is 28.0. The van der Waals surface area contributed by atoms with E-state index in [0.29, 0.717) is 18.8 Å². The number of hydrogen-bond donors (Lipinski definition) is 2. The second-order valence-electron chi connectivity index (χ2n) is 8.71. The van der Waals surface area contributed by atoms with Gasteiger partial charge >= 0.3 is 6.01 Å². The van der Waals surface area contributed by atoms with Crippen LogP contribution in [-0.4, -0.2) is 64.3 Å². The highest BCUT2D eigenvalue weighted by Crippen LogP contribution is 2.23. The first-order valence-corrected chi connectivity index (χ1v) is 15.1. The molecule has 208 valence electrons. The standard InChI is InChI=1S/C25H29N5O7S2/c1-36-23-17-22(27-25(28-23)37-2)29-38(32,33)20-13-9-19(10-14-20)26-24(31)18-7-11-21(12-8-18)39(34,35)30-15-5-3-4-6-16-30/h7-14,17H,3-6,15-16H2,1-2H3,(H,26,31)(H,27,28,29). The van der Waals surface area contributed by atoms with Gasteiger partial charge < -0.3 is 14.8 Å². The van der Waals surface area contributed by atoms with E-state index in [9.17, 15) is 21.6 Å². The Morgan fingerprint density at radius 1 is 0.821 bits per heavy atom. The minimum absolute atomic E-state index is 0.0441. The van der Waals surface area contributed by atoms with E-state index < -0.39 is 26.0 Å². The third-order valence-electron chi connectivity index (χ3n) is 6.05. The lowest BCUT2D eigenvalue weighted by atomic mass is 10.2. The van der Waals surface area contributed by atoms with Crippen LogP contribution in [0.5, 0.6) is 11.9 Å². The van der Waals surface area contributed by atoms with Crippen LogP contribution in [0.1, 0.15) is 36.0 Å². The van der Waals surface area contributed by atoms with Crippen molar-refractivity contribution in [2.75, 3.05) is 37.3 Å². The van der Waals surface area contributed by atoms with Crippen molar-refractivity contribution in [1.29, 1.82) is 0 Å². The Hall–Kier alpha value is -3.75. The van der Waals surface area contributed by atoms with Crippen molar-refractivity contribution in [3.05, 3.63) is 60.2 Å². The topological polar surface area (TPSA) is 157 Å². The molecule has 3 aromatic rings. The largest absolute Gasteiger partial charge is 0.481 e. The summed E-state index contributed by atoms with van der Waals surface area (Å²) in [4.78, 5) is 20.7. The fourth-order valence-corrected chi connectivity index (χ4v) is 6.49. The Labute approximate surface area is 227 Å². The first-order valence-electron chi connectivity index (χ1n) is 12.1. The maximum Gasteiger partial charge on any atom is 0.321 e. The first kappa shape index (κ1) is 28.3. The summed E-state index contributed by atoms with van der Waals surface area (Å²) < 4.78 is 65.3. The van der Waals surface area contributed by atoms with Gasteiger partial charge in [0, 0.05) is 30.4 Å². The van der Waals surface area contributed by atoms with Gasteiger partial charge in [0.2, 0.25) is 15.9 Å². The lowest BCUT2D eigenvalue weighted by Gasteiger charge is -2.20. The van der Waals surface area contributed by atoms with Crippen LogP contribution in [-0.2, 0) is 20.0 Å². The van der Waals surface area contributed by atoms with Crippen LogP contribution in [0.2, 0.25) is 0 Å².